The minimum Gasteiger partial charge on any atom is -0.497 e. The van der Waals surface area contributed by atoms with Crippen LogP contribution in [0.1, 0.15) is 11.1 Å². The Bertz CT molecular complexity index is 1080. The van der Waals surface area contributed by atoms with Gasteiger partial charge in [0.15, 0.2) is 0 Å². The number of amides is 1. The van der Waals surface area contributed by atoms with Crippen molar-refractivity contribution in [3.05, 3.63) is 69.8 Å². The molecule has 0 aliphatic rings. The van der Waals surface area contributed by atoms with E-state index >= 15 is 0 Å². The Morgan fingerprint density at radius 3 is 2.72 bits per heavy atom. The van der Waals surface area contributed by atoms with Crippen LogP contribution in [0, 0.1) is 17.0 Å². The Morgan fingerprint density at radius 2 is 2.03 bits per heavy atom. The number of nitro benzene ring substituents is 1. The number of pyridine rings is 1. The van der Waals surface area contributed by atoms with Gasteiger partial charge in [-0.2, -0.15) is 5.10 Å². The quantitative estimate of drug-likeness (QED) is 0.275. The van der Waals surface area contributed by atoms with Crippen molar-refractivity contribution in [2.75, 3.05) is 12.9 Å². The molecule has 3 rings (SSSR count). The molecule has 148 valence electrons. The van der Waals surface area contributed by atoms with E-state index in [1.54, 1.807) is 19.2 Å². The number of rotatable bonds is 7. The number of benzene rings is 2. The summed E-state index contributed by atoms with van der Waals surface area (Å²) in [5, 5.41) is 16.3. The van der Waals surface area contributed by atoms with Gasteiger partial charge in [0, 0.05) is 17.5 Å². The summed E-state index contributed by atoms with van der Waals surface area (Å²) in [6.45, 7) is 1.99. The first kappa shape index (κ1) is 20.3. The number of hydrazone groups is 1. The number of nitrogens with one attached hydrogen (secondary N) is 1. The Balaban J connectivity index is 1.57. The lowest BCUT2D eigenvalue weighted by atomic mass is 10.1. The van der Waals surface area contributed by atoms with Crippen molar-refractivity contribution in [2.24, 2.45) is 5.10 Å². The number of non-ortho nitro benzene ring substituents is 1. The number of aromatic nitrogens is 1. The minimum absolute atomic E-state index is 0.000733. The molecule has 0 unspecified atom stereocenters. The number of thioether (sulfide) groups is 1. The van der Waals surface area contributed by atoms with Gasteiger partial charge < -0.3 is 4.74 Å². The summed E-state index contributed by atoms with van der Waals surface area (Å²) in [7, 11) is 1.62. The van der Waals surface area contributed by atoms with E-state index < -0.39 is 4.92 Å². The molecule has 0 bridgehead atoms. The molecule has 2 aromatic carbocycles. The number of fused-ring (bicyclic) bond motifs is 1. The van der Waals surface area contributed by atoms with Crippen LogP contribution in [0.2, 0.25) is 0 Å². The van der Waals surface area contributed by atoms with Gasteiger partial charge in [-0.15, -0.1) is 0 Å². The third-order valence-corrected chi connectivity index (χ3v) is 4.97. The molecule has 0 radical (unpaired) electrons. The summed E-state index contributed by atoms with van der Waals surface area (Å²) in [5.41, 5.74) is 4.97. The molecule has 0 fully saturated rings. The zero-order valence-corrected chi connectivity index (χ0v) is 16.6. The van der Waals surface area contributed by atoms with Gasteiger partial charge in [0.1, 0.15) is 5.75 Å². The Kier molecular flexibility index (Phi) is 6.40. The predicted molar refractivity (Wildman–Crippen MR) is 113 cm³/mol. The maximum atomic E-state index is 12.0. The van der Waals surface area contributed by atoms with Crippen molar-refractivity contribution in [1.29, 1.82) is 0 Å². The second kappa shape index (κ2) is 9.16. The topological polar surface area (TPSA) is 107 Å². The van der Waals surface area contributed by atoms with Crippen molar-refractivity contribution >= 4 is 40.5 Å². The summed E-state index contributed by atoms with van der Waals surface area (Å²) >= 11 is 1.32. The highest BCUT2D eigenvalue weighted by atomic mass is 32.2. The number of aryl methyl sites for hydroxylation is 1. The molecule has 1 N–H and O–H groups in total. The van der Waals surface area contributed by atoms with Gasteiger partial charge in [-0.1, -0.05) is 11.8 Å². The van der Waals surface area contributed by atoms with E-state index in [1.165, 1.54) is 30.1 Å². The van der Waals surface area contributed by atoms with Gasteiger partial charge in [0.05, 0.1) is 34.5 Å². The Morgan fingerprint density at radius 1 is 1.28 bits per heavy atom. The number of hydrogen-bond acceptors (Lipinski definition) is 7. The summed E-state index contributed by atoms with van der Waals surface area (Å²) in [4.78, 5) is 26.7. The van der Waals surface area contributed by atoms with Crippen molar-refractivity contribution in [3.8, 4) is 5.75 Å². The number of nitro groups is 1. The number of carbonyl (C=O) groups excluding carboxylic acids is 1. The smallest absolute Gasteiger partial charge is 0.269 e. The van der Waals surface area contributed by atoms with Crippen molar-refractivity contribution in [1.82, 2.24) is 10.4 Å². The van der Waals surface area contributed by atoms with Crippen molar-refractivity contribution in [3.63, 3.8) is 0 Å². The Hall–Kier alpha value is -3.46. The van der Waals surface area contributed by atoms with Crippen LogP contribution in [-0.4, -0.2) is 34.9 Å². The fourth-order valence-electron chi connectivity index (χ4n) is 2.58. The molecule has 0 atom stereocenters. The van der Waals surface area contributed by atoms with Crippen molar-refractivity contribution < 1.29 is 14.5 Å². The maximum Gasteiger partial charge on any atom is 0.269 e. The van der Waals surface area contributed by atoms with Gasteiger partial charge in [-0.3, -0.25) is 14.9 Å². The second-order valence-electron chi connectivity index (χ2n) is 6.09. The lowest BCUT2D eigenvalue weighted by molar-refractivity contribution is -0.384. The van der Waals surface area contributed by atoms with Gasteiger partial charge in [-0.05, 0) is 54.4 Å². The van der Waals surface area contributed by atoms with Gasteiger partial charge in [0.25, 0.3) is 5.69 Å². The number of nitrogens with zero attached hydrogens (tertiary/aromatic N) is 3. The monoisotopic (exact) mass is 410 g/mol. The summed E-state index contributed by atoms with van der Waals surface area (Å²) in [6, 6.07) is 13.5. The zero-order chi connectivity index (χ0) is 20.8. The summed E-state index contributed by atoms with van der Waals surface area (Å²) < 4.78 is 5.24. The number of ether oxygens (including phenoxy) is 1. The predicted octanol–water partition coefficient (Wildman–Crippen LogP) is 3.70. The van der Waals surface area contributed by atoms with Gasteiger partial charge in [-0.25, -0.2) is 10.4 Å². The van der Waals surface area contributed by atoms with Crippen LogP contribution < -0.4 is 10.2 Å². The van der Waals surface area contributed by atoms with E-state index in [9.17, 15) is 14.9 Å². The molecular formula is C20H18N4O4S. The summed E-state index contributed by atoms with van der Waals surface area (Å²) in [5.74, 6) is 0.654. The molecule has 0 aliphatic heterocycles. The lowest BCUT2D eigenvalue weighted by Gasteiger charge is -2.07. The molecule has 9 heteroatoms. The first-order chi connectivity index (χ1) is 14.0. The van der Waals surface area contributed by atoms with E-state index in [4.69, 9.17) is 4.74 Å². The first-order valence-corrected chi connectivity index (χ1v) is 9.59. The molecule has 1 aromatic heterocycles. The lowest BCUT2D eigenvalue weighted by Crippen LogP contribution is -2.19. The number of carbonyl (C=O) groups is 1. The third-order valence-electron chi connectivity index (χ3n) is 4.06. The fourth-order valence-corrected chi connectivity index (χ4v) is 3.34. The molecule has 0 spiro atoms. The largest absolute Gasteiger partial charge is 0.497 e. The highest BCUT2D eigenvalue weighted by Gasteiger charge is 2.08. The van der Waals surface area contributed by atoms with Gasteiger partial charge in [0.2, 0.25) is 5.91 Å². The normalized spacial score (nSPS) is 11.0. The second-order valence-corrected chi connectivity index (χ2v) is 7.09. The molecule has 1 amide bonds. The average molecular weight is 410 g/mol. The SMILES string of the molecule is COc1ccc2nc(SCC(=O)NN=Cc3ccc([N+](=O)[O-])cc3)cc(C)c2c1. The highest BCUT2D eigenvalue weighted by Crippen LogP contribution is 2.26. The van der Waals surface area contributed by atoms with E-state index in [1.807, 2.05) is 31.2 Å². The average Bonchev–Trinajstić information content (AvgIpc) is 2.72. The molecule has 0 saturated carbocycles. The van der Waals surface area contributed by atoms with Crippen molar-refractivity contribution in [2.45, 2.75) is 11.9 Å². The third kappa shape index (κ3) is 5.29. The standard InChI is InChI=1S/C20H18N4O4S/c1-13-9-20(22-18-8-7-16(28-2)10-17(13)18)29-12-19(25)23-21-11-14-3-5-15(6-4-14)24(26)27/h3-11H,12H2,1-2H3,(H,23,25). The van der Waals surface area contributed by atoms with Crippen LogP contribution in [-0.2, 0) is 4.79 Å². The summed E-state index contributed by atoms with van der Waals surface area (Å²) in [6.07, 6.45) is 1.43. The molecule has 8 nitrogen and oxygen atoms in total. The van der Waals surface area contributed by atoms with Gasteiger partial charge >= 0.3 is 0 Å². The molecule has 1 heterocycles. The van der Waals surface area contributed by atoms with E-state index in [2.05, 4.69) is 15.5 Å². The Labute approximate surface area is 171 Å². The van der Waals surface area contributed by atoms with Crippen LogP contribution in [0.3, 0.4) is 0 Å². The van der Waals surface area contributed by atoms with Crippen LogP contribution in [0.25, 0.3) is 10.9 Å². The van der Waals surface area contributed by atoms with E-state index in [0.29, 0.717) is 5.56 Å². The minimum atomic E-state index is -0.473. The van der Waals surface area contributed by atoms with Crippen LogP contribution in [0.15, 0.2) is 58.7 Å². The maximum absolute atomic E-state index is 12.0. The van der Waals surface area contributed by atoms with Crippen LogP contribution >= 0.6 is 11.8 Å². The van der Waals surface area contributed by atoms with Crippen LogP contribution in [0.5, 0.6) is 5.75 Å². The molecule has 29 heavy (non-hydrogen) atoms. The molecule has 0 saturated heterocycles. The molecule has 0 aliphatic carbocycles. The van der Waals surface area contributed by atoms with E-state index in [-0.39, 0.29) is 17.3 Å². The highest BCUT2D eigenvalue weighted by molar-refractivity contribution is 7.99. The fraction of sp³-hybridized carbons (Fsp3) is 0.150. The number of methoxy groups -OCH3 is 1. The number of hydrogen-bond donors (Lipinski definition) is 1. The first-order valence-electron chi connectivity index (χ1n) is 8.61. The van der Waals surface area contributed by atoms with Crippen LogP contribution in [0.4, 0.5) is 5.69 Å². The van der Waals surface area contributed by atoms with E-state index in [0.717, 1.165) is 27.2 Å². The molecule has 3 aromatic rings. The molecular weight excluding hydrogens is 392 g/mol. The zero-order valence-electron chi connectivity index (χ0n) is 15.8.